The molecule has 0 aliphatic heterocycles. The highest BCUT2D eigenvalue weighted by Crippen LogP contribution is 2.34. The number of aliphatic carboxylic acids is 1. The van der Waals surface area contributed by atoms with Gasteiger partial charge in [0, 0.05) is 31.5 Å². The molecule has 4 N–H and O–H groups in total. The van der Waals surface area contributed by atoms with Crippen LogP contribution >= 0.6 is 0 Å². The van der Waals surface area contributed by atoms with Crippen molar-refractivity contribution in [2.24, 2.45) is 5.73 Å². The Bertz CT molecular complexity index is 1970. The molecule has 276 valence electrons. The van der Waals surface area contributed by atoms with Gasteiger partial charge in [-0.25, -0.2) is 13.6 Å². The number of rotatable bonds is 13. The van der Waals surface area contributed by atoms with Crippen molar-refractivity contribution in [3.8, 4) is 23.0 Å². The van der Waals surface area contributed by atoms with Crippen molar-refractivity contribution in [2.45, 2.75) is 38.7 Å². The minimum Gasteiger partial charge on any atom is -0.475 e. The predicted octanol–water partition coefficient (Wildman–Crippen LogP) is 8.27. The lowest BCUT2D eigenvalue weighted by atomic mass is 10.1. The Labute approximate surface area is 301 Å². The molecule has 0 saturated carbocycles. The molecular weight excluding hydrogens is 701 g/mol. The summed E-state index contributed by atoms with van der Waals surface area (Å²) >= 11 is 0. The third-order valence-corrected chi connectivity index (χ3v) is 7.39. The van der Waals surface area contributed by atoms with Crippen LogP contribution in [0.2, 0.25) is 0 Å². The molecule has 0 saturated heterocycles. The van der Waals surface area contributed by atoms with Gasteiger partial charge in [0.05, 0.1) is 12.2 Å². The van der Waals surface area contributed by atoms with E-state index in [1.54, 1.807) is 35.2 Å². The van der Waals surface area contributed by atoms with E-state index in [4.69, 9.17) is 25.1 Å². The average molecular weight is 736 g/mol. The topological polar surface area (TPSA) is 131 Å². The SMILES string of the molecule is NCc1cccc(Oc2ccccc2N(Cc2ccc(Oc3ccccc3)cc2)C(=O)CCC(=O)NCc2c(F)cccc2F)c1.O=C(O)C(F)(F)F. The van der Waals surface area contributed by atoms with E-state index < -0.39 is 29.7 Å². The van der Waals surface area contributed by atoms with Crippen molar-refractivity contribution in [1.29, 1.82) is 0 Å². The first-order chi connectivity index (χ1) is 25.3. The standard InChI is InChI=1S/C37H33F2N3O4.C2HF3O2/c38-32-12-7-13-33(39)31(32)24-41-36(43)20-21-37(44)42(25-26-16-18-29(19-17-26)45-28-9-2-1-3-10-28)34-14-4-5-15-35(34)46-30-11-6-8-27(22-30)23-40;3-2(4,5)1(6)7/h1-19,22H,20-21,23-25,40H2,(H,41,43);(H,6,7). The molecule has 0 fully saturated rings. The van der Waals surface area contributed by atoms with E-state index in [0.29, 0.717) is 35.2 Å². The fraction of sp³-hybridized carbons (Fsp3) is 0.154. The maximum absolute atomic E-state index is 14.0. The third-order valence-electron chi connectivity index (χ3n) is 7.39. The number of benzene rings is 5. The molecule has 0 aliphatic carbocycles. The van der Waals surface area contributed by atoms with Crippen LogP contribution in [0.4, 0.5) is 27.6 Å². The van der Waals surface area contributed by atoms with Crippen LogP contribution in [0.15, 0.2) is 121 Å². The Kier molecular flexibility index (Phi) is 14.0. The van der Waals surface area contributed by atoms with Gasteiger partial charge in [-0.15, -0.1) is 0 Å². The number of para-hydroxylation sites is 3. The van der Waals surface area contributed by atoms with Crippen LogP contribution in [0.1, 0.15) is 29.5 Å². The molecule has 2 amide bonds. The zero-order valence-corrected chi connectivity index (χ0v) is 28.0. The largest absolute Gasteiger partial charge is 0.490 e. The van der Waals surface area contributed by atoms with Crippen LogP contribution in [0.3, 0.4) is 0 Å². The van der Waals surface area contributed by atoms with Crippen LogP contribution in [-0.2, 0) is 34.0 Å². The first-order valence-electron chi connectivity index (χ1n) is 16.0. The summed E-state index contributed by atoms with van der Waals surface area (Å²) in [5, 5.41) is 9.63. The van der Waals surface area contributed by atoms with Gasteiger partial charge in [-0.1, -0.05) is 60.7 Å². The number of hydrogen-bond acceptors (Lipinski definition) is 6. The third kappa shape index (κ3) is 12.2. The van der Waals surface area contributed by atoms with E-state index in [9.17, 15) is 31.5 Å². The number of nitrogens with one attached hydrogen (secondary N) is 1. The Morgan fingerprint density at radius 2 is 1.28 bits per heavy atom. The summed E-state index contributed by atoms with van der Waals surface area (Å²) in [6, 6.07) is 34.8. The number of amides is 2. The number of alkyl halides is 3. The van der Waals surface area contributed by atoms with E-state index in [1.807, 2.05) is 72.8 Å². The van der Waals surface area contributed by atoms with Crippen LogP contribution < -0.4 is 25.4 Å². The van der Waals surface area contributed by atoms with Gasteiger partial charge in [-0.3, -0.25) is 9.59 Å². The maximum Gasteiger partial charge on any atom is 0.490 e. The summed E-state index contributed by atoms with van der Waals surface area (Å²) in [6.45, 7) is 0.194. The van der Waals surface area contributed by atoms with E-state index in [0.717, 1.165) is 23.3 Å². The molecule has 5 rings (SSSR count). The number of carbonyl (C=O) groups excluding carboxylic acids is 2. The van der Waals surface area contributed by atoms with E-state index in [-0.39, 0.29) is 37.4 Å². The molecule has 0 atom stereocenters. The van der Waals surface area contributed by atoms with Gasteiger partial charge >= 0.3 is 12.1 Å². The summed E-state index contributed by atoms with van der Waals surface area (Å²) in [5.74, 6) is -2.78. The average Bonchev–Trinajstić information content (AvgIpc) is 3.14. The number of carboxylic acids is 1. The van der Waals surface area contributed by atoms with Crippen LogP contribution in [-0.4, -0.2) is 29.1 Å². The van der Waals surface area contributed by atoms with Gasteiger partial charge in [0.2, 0.25) is 11.8 Å². The van der Waals surface area contributed by atoms with Crippen molar-refractivity contribution < 1.29 is 50.9 Å². The molecule has 0 unspecified atom stereocenters. The Morgan fingerprint density at radius 3 is 1.92 bits per heavy atom. The summed E-state index contributed by atoms with van der Waals surface area (Å²) < 4.78 is 71.9. The zero-order valence-electron chi connectivity index (χ0n) is 28.0. The summed E-state index contributed by atoms with van der Waals surface area (Å²) in [6.07, 6.45) is -5.42. The van der Waals surface area contributed by atoms with Crippen molar-refractivity contribution in [2.75, 3.05) is 4.90 Å². The van der Waals surface area contributed by atoms with Gasteiger partial charge in [0.1, 0.15) is 28.9 Å². The van der Waals surface area contributed by atoms with Gasteiger partial charge in [0.15, 0.2) is 5.75 Å². The van der Waals surface area contributed by atoms with E-state index in [1.165, 1.54) is 6.07 Å². The second kappa shape index (κ2) is 18.8. The van der Waals surface area contributed by atoms with Gasteiger partial charge < -0.3 is 30.5 Å². The highest BCUT2D eigenvalue weighted by atomic mass is 19.4. The van der Waals surface area contributed by atoms with Crippen molar-refractivity contribution >= 4 is 23.5 Å². The lowest BCUT2D eigenvalue weighted by Crippen LogP contribution is -2.32. The second-order valence-corrected chi connectivity index (χ2v) is 11.2. The number of ether oxygens (including phenoxy) is 2. The molecule has 5 aromatic carbocycles. The highest BCUT2D eigenvalue weighted by molar-refractivity contribution is 5.96. The summed E-state index contributed by atoms with van der Waals surface area (Å²) in [4.78, 5) is 36.9. The normalized spacial score (nSPS) is 10.8. The second-order valence-electron chi connectivity index (χ2n) is 11.2. The Balaban J connectivity index is 0.000000815. The molecule has 0 aliphatic rings. The predicted molar refractivity (Wildman–Crippen MR) is 186 cm³/mol. The number of nitrogens with two attached hydrogens (primary N) is 1. The number of carboxylic acid groups (broad SMARTS) is 1. The molecular formula is C39H34F5N3O6. The molecule has 0 spiro atoms. The van der Waals surface area contributed by atoms with Crippen LogP contribution in [0, 0.1) is 11.6 Å². The number of hydrogen-bond donors (Lipinski definition) is 3. The van der Waals surface area contributed by atoms with Crippen LogP contribution in [0.25, 0.3) is 0 Å². The fourth-order valence-corrected chi connectivity index (χ4v) is 4.74. The van der Waals surface area contributed by atoms with Gasteiger partial charge in [-0.05, 0) is 71.8 Å². The maximum atomic E-state index is 14.0. The Morgan fingerprint density at radius 1 is 0.698 bits per heavy atom. The molecule has 53 heavy (non-hydrogen) atoms. The molecule has 0 aromatic heterocycles. The monoisotopic (exact) mass is 735 g/mol. The minimum atomic E-state index is -5.08. The first-order valence-corrected chi connectivity index (χ1v) is 16.0. The number of anilines is 1. The number of nitrogens with zero attached hydrogens (tertiary/aromatic N) is 1. The highest BCUT2D eigenvalue weighted by Gasteiger charge is 2.38. The summed E-state index contributed by atoms with van der Waals surface area (Å²) in [5.41, 5.74) is 7.77. The minimum absolute atomic E-state index is 0.155. The molecule has 0 bridgehead atoms. The van der Waals surface area contributed by atoms with Crippen molar-refractivity contribution in [3.05, 3.63) is 150 Å². The smallest absolute Gasteiger partial charge is 0.475 e. The number of carbonyl (C=O) groups is 3. The Hall–Kier alpha value is -6.28. The van der Waals surface area contributed by atoms with Crippen LogP contribution in [0.5, 0.6) is 23.0 Å². The molecule has 14 heteroatoms. The lowest BCUT2D eigenvalue weighted by molar-refractivity contribution is -0.192. The van der Waals surface area contributed by atoms with Crippen molar-refractivity contribution in [3.63, 3.8) is 0 Å². The molecule has 9 nitrogen and oxygen atoms in total. The number of halogens is 5. The van der Waals surface area contributed by atoms with Crippen molar-refractivity contribution in [1.82, 2.24) is 5.32 Å². The molecule has 0 heterocycles. The quantitative estimate of drug-likeness (QED) is 0.104. The van der Waals surface area contributed by atoms with E-state index in [2.05, 4.69) is 5.32 Å². The zero-order chi connectivity index (χ0) is 38.4. The van der Waals surface area contributed by atoms with Gasteiger partial charge in [-0.2, -0.15) is 13.2 Å². The first kappa shape index (κ1) is 39.5. The fourth-order valence-electron chi connectivity index (χ4n) is 4.74. The lowest BCUT2D eigenvalue weighted by Gasteiger charge is -2.25. The molecule has 5 aromatic rings. The van der Waals surface area contributed by atoms with Gasteiger partial charge in [0.25, 0.3) is 0 Å². The van der Waals surface area contributed by atoms with E-state index >= 15 is 0 Å². The molecule has 0 radical (unpaired) electrons. The summed E-state index contributed by atoms with van der Waals surface area (Å²) in [7, 11) is 0.